The maximum atomic E-state index is 13.6. The molecule has 0 amide bonds. The Morgan fingerprint density at radius 2 is 2.00 bits per heavy atom. The van der Waals surface area contributed by atoms with Gasteiger partial charge in [-0.25, -0.2) is 10.2 Å². The van der Waals surface area contributed by atoms with Gasteiger partial charge >= 0.3 is 6.01 Å². The predicted octanol–water partition coefficient (Wildman–Crippen LogP) is 1.46. The van der Waals surface area contributed by atoms with Crippen LogP contribution in [0.5, 0.6) is 11.8 Å². The van der Waals surface area contributed by atoms with Crippen molar-refractivity contribution >= 4 is 11.9 Å². The number of nitrogens with zero attached hydrogens (tertiary/aromatic N) is 4. The zero-order valence-corrected chi connectivity index (χ0v) is 11.4. The molecule has 0 aliphatic rings. The number of ether oxygens (including phenoxy) is 1. The molecule has 0 unspecified atom stereocenters. The molecule has 1 heterocycles. The van der Waals surface area contributed by atoms with Gasteiger partial charge in [-0.05, 0) is 24.6 Å². The zero-order chi connectivity index (χ0) is 14.7. The molecule has 3 N–H and O–H groups in total. The SMILES string of the molecule is Cc1ccc(F)c(Oc2nc(NN)nc(N(C)C)n2)c1. The van der Waals surface area contributed by atoms with Crippen molar-refractivity contribution < 1.29 is 9.13 Å². The summed E-state index contributed by atoms with van der Waals surface area (Å²) in [6.45, 7) is 1.83. The summed E-state index contributed by atoms with van der Waals surface area (Å²) in [6.07, 6.45) is 0. The summed E-state index contributed by atoms with van der Waals surface area (Å²) in [5.41, 5.74) is 3.17. The molecule has 2 aromatic rings. The van der Waals surface area contributed by atoms with E-state index in [4.69, 9.17) is 10.6 Å². The van der Waals surface area contributed by atoms with E-state index in [-0.39, 0.29) is 17.7 Å². The zero-order valence-electron chi connectivity index (χ0n) is 11.4. The Kier molecular flexibility index (Phi) is 3.94. The Hall–Kier alpha value is -2.48. The number of hydrogen-bond donors (Lipinski definition) is 2. The van der Waals surface area contributed by atoms with Gasteiger partial charge in [-0.15, -0.1) is 0 Å². The van der Waals surface area contributed by atoms with E-state index in [0.29, 0.717) is 5.95 Å². The third-order valence-electron chi connectivity index (χ3n) is 2.42. The van der Waals surface area contributed by atoms with Crippen LogP contribution in [0.25, 0.3) is 0 Å². The maximum Gasteiger partial charge on any atom is 0.328 e. The average Bonchev–Trinajstić information content (AvgIpc) is 2.42. The molecule has 20 heavy (non-hydrogen) atoms. The highest BCUT2D eigenvalue weighted by Gasteiger charge is 2.12. The smallest absolute Gasteiger partial charge is 0.328 e. The second kappa shape index (κ2) is 5.66. The lowest BCUT2D eigenvalue weighted by molar-refractivity contribution is 0.410. The predicted molar refractivity (Wildman–Crippen MR) is 73.2 cm³/mol. The van der Waals surface area contributed by atoms with Gasteiger partial charge < -0.3 is 9.64 Å². The molecule has 0 saturated carbocycles. The van der Waals surface area contributed by atoms with Gasteiger partial charge in [0.1, 0.15) is 0 Å². The normalized spacial score (nSPS) is 10.2. The van der Waals surface area contributed by atoms with Crippen LogP contribution in [0.3, 0.4) is 0 Å². The van der Waals surface area contributed by atoms with Crippen LogP contribution in [0.15, 0.2) is 18.2 Å². The first kappa shape index (κ1) is 13.9. The third kappa shape index (κ3) is 3.09. The van der Waals surface area contributed by atoms with Gasteiger partial charge in [0.2, 0.25) is 11.9 Å². The second-order valence-corrected chi connectivity index (χ2v) is 4.32. The molecule has 2 rings (SSSR count). The largest absolute Gasteiger partial charge is 0.421 e. The number of nitrogen functional groups attached to an aromatic ring is 1. The van der Waals surface area contributed by atoms with Crippen LogP contribution in [-0.2, 0) is 0 Å². The van der Waals surface area contributed by atoms with Crippen molar-refractivity contribution in [2.24, 2.45) is 5.84 Å². The van der Waals surface area contributed by atoms with Gasteiger partial charge in [-0.2, -0.15) is 15.0 Å². The molecule has 0 aliphatic heterocycles. The van der Waals surface area contributed by atoms with Gasteiger partial charge in [0.25, 0.3) is 0 Å². The highest BCUT2D eigenvalue weighted by Crippen LogP contribution is 2.24. The summed E-state index contributed by atoms with van der Waals surface area (Å²) in [7, 11) is 3.51. The lowest BCUT2D eigenvalue weighted by atomic mass is 10.2. The highest BCUT2D eigenvalue weighted by molar-refractivity contribution is 5.38. The monoisotopic (exact) mass is 278 g/mol. The van der Waals surface area contributed by atoms with Crippen LogP contribution < -0.4 is 20.9 Å². The van der Waals surface area contributed by atoms with Crippen LogP contribution in [-0.4, -0.2) is 29.0 Å². The Labute approximate surface area is 115 Å². The molecule has 0 spiro atoms. The lowest BCUT2D eigenvalue weighted by Crippen LogP contribution is -2.17. The van der Waals surface area contributed by atoms with Crippen LogP contribution in [0.4, 0.5) is 16.3 Å². The van der Waals surface area contributed by atoms with E-state index < -0.39 is 5.82 Å². The molecule has 0 aliphatic carbocycles. The van der Waals surface area contributed by atoms with E-state index in [1.807, 2.05) is 6.92 Å². The second-order valence-electron chi connectivity index (χ2n) is 4.32. The summed E-state index contributed by atoms with van der Waals surface area (Å²) in [6, 6.07) is 4.49. The number of aryl methyl sites for hydroxylation is 1. The van der Waals surface area contributed by atoms with E-state index in [0.717, 1.165) is 5.56 Å². The molecule has 0 saturated heterocycles. The first-order chi connectivity index (χ1) is 9.49. The van der Waals surface area contributed by atoms with Crippen molar-refractivity contribution in [1.82, 2.24) is 15.0 Å². The van der Waals surface area contributed by atoms with Gasteiger partial charge in [0.05, 0.1) is 0 Å². The number of nitrogens with one attached hydrogen (secondary N) is 1. The van der Waals surface area contributed by atoms with Gasteiger partial charge in [-0.3, -0.25) is 5.43 Å². The number of nitrogens with two attached hydrogens (primary N) is 1. The van der Waals surface area contributed by atoms with Crippen molar-refractivity contribution in [3.63, 3.8) is 0 Å². The Morgan fingerprint density at radius 3 is 2.65 bits per heavy atom. The van der Waals surface area contributed by atoms with E-state index in [1.54, 1.807) is 31.1 Å². The van der Waals surface area contributed by atoms with Crippen molar-refractivity contribution in [1.29, 1.82) is 0 Å². The van der Waals surface area contributed by atoms with E-state index in [9.17, 15) is 4.39 Å². The van der Waals surface area contributed by atoms with Gasteiger partial charge in [0.15, 0.2) is 11.6 Å². The van der Waals surface area contributed by atoms with Crippen molar-refractivity contribution in [2.45, 2.75) is 6.92 Å². The van der Waals surface area contributed by atoms with Crippen molar-refractivity contribution in [3.05, 3.63) is 29.6 Å². The number of rotatable bonds is 4. The summed E-state index contributed by atoms with van der Waals surface area (Å²) in [4.78, 5) is 13.7. The van der Waals surface area contributed by atoms with E-state index in [1.165, 1.54) is 6.07 Å². The molecular weight excluding hydrogens is 263 g/mol. The Balaban J connectivity index is 2.37. The first-order valence-electron chi connectivity index (χ1n) is 5.83. The molecule has 1 aromatic heterocycles. The molecule has 8 heteroatoms. The molecular formula is C12H15FN6O. The number of aromatic nitrogens is 3. The third-order valence-corrected chi connectivity index (χ3v) is 2.42. The maximum absolute atomic E-state index is 13.6. The Morgan fingerprint density at radius 1 is 1.25 bits per heavy atom. The number of benzene rings is 1. The van der Waals surface area contributed by atoms with Gasteiger partial charge in [-0.1, -0.05) is 6.07 Å². The standard InChI is InChI=1S/C12H15FN6O/c1-7-4-5-8(13)9(6-7)20-12-16-10(18-14)15-11(17-12)19(2)3/h4-6H,14H2,1-3H3,(H,15,16,17,18). The fourth-order valence-corrected chi connectivity index (χ4v) is 1.44. The van der Waals surface area contributed by atoms with Crippen LogP contribution in [0, 0.1) is 12.7 Å². The lowest BCUT2D eigenvalue weighted by Gasteiger charge is -2.12. The Bertz CT molecular complexity index is 619. The number of hydrogen-bond acceptors (Lipinski definition) is 7. The number of halogens is 1. The molecule has 106 valence electrons. The summed E-state index contributed by atoms with van der Waals surface area (Å²) < 4.78 is 19.0. The minimum atomic E-state index is -0.496. The topological polar surface area (TPSA) is 89.2 Å². The van der Waals surface area contributed by atoms with Crippen LogP contribution in [0.1, 0.15) is 5.56 Å². The molecule has 0 atom stereocenters. The minimum absolute atomic E-state index is 0.0406. The van der Waals surface area contributed by atoms with E-state index in [2.05, 4.69) is 20.4 Å². The fourth-order valence-electron chi connectivity index (χ4n) is 1.44. The molecule has 7 nitrogen and oxygen atoms in total. The van der Waals surface area contributed by atoms with Crippen molar-refractivity contribution in [2.75, 3.05) is 24.4 Å². The minimum Gasteiger partial charge on any atom is -0.421 e. The summed E-state index contributed by atoms with van der Waals surface area (Å²) in [5, 5.41) is 0. The fraction of sp³-hybridized carbons (Fsp3) is 0.250. The van der Waals surface area contributed by atoms with Crippen LogP contribution >= 0.6 is 0 Å². The number of hydrazine groups is 1. The number of anilines is 2. The molecule has 0 bridgehead atoms. The summed E-state index contributed by atoms with van der Waals surface area (Å²) in [5.74, 6) is 5.31. The summed E-state index contributed by atoms with van der Waals surface area (Å²) >= 11 is 0. The van der Waals surface area contributed by atoms with Crippen LogP contribution in [0.2, 0.25) is 0 Å². The van der Waals surface area contributed by atoms with E-state index >= 15 is 0 Å². The molecule has 0 fully saturated rings. The van der Waals surface area contributed by atoms with Crippen molar-refractivity contribution in [3.8, 4) is 11.8 Å². The molecule has 1 aromatic carbocycles. The highest BCUT2D eigenvalue weighted by atomic mass is 19.1. The van der Waals surface area contributed by atoms with Gasteiger partial charge in [0, 0.05) is 14.1 Å². The molecule has 0 radical (unpaired) electrons. The quantitative estimate of drug-likeness (QED) is 0.646. The first-order valence-corrected chi connectivity index (χ1v) is 5.83. The average molecular weight is 278 g/mol.